The molecule has 2 amide bonds. The summed E-state index contributed by atoms with van der Waals surface area (Å²) >= 11 is 0. The molecule has 23 heavy (non-hydrogen) atoms. The van der Waals surface area contributed by atoms with E-state index in [4.69, 9.17) is 9.47 Å². The molecule has 0 radical (unpaired) electrons. The van der Waals surface area contributed by atoms with Crippen molar-refractivity contribution in [1.82, 2.24) is 10.6 Å². The van der Waals surface area contributed by atoms with Crippen LogP contribution in [0.2, 0.25) is 0 Å². The van der Waals surface area contributed by atoms with Gasteiger partial charge < -0.3 is 14.8 Å². The zero-order valence-electron chi connectivity index (χ0n) is 15.4. The van der Waals surface area contributed by atoms with Crippen molar-refractivity contribution < 1.29 is 19.1 Å². The molecule has 0 saturated carbocycles. The van der Waals surface area contributed by atoms with Crippen LogP contribution in [0.4, 0.5) is 9.59 Å². The number of hydrogen-bond acceptors (Lipinski definition) is 4. The van der Waals surface area contributed by atoms with Crippen molar-refractivity contribution in [3.05, 3.63) is 11.6 Å². The lowest BCUT2D eigenvalue weighted by molar-refractivity contribution is 0.0560. The predicted molar refractivity (Wildman–Crippen MR) is 90.5 cm³/mol. The summed E-state index contributed by atoms with van der Waals surface area (Å²) < 4.78 is 10.2. The maximum absolute atomic E-state index is 11.8. The third-order valence-electron chi connectivity index (χ3n) is 2.00. The van der Waals surface area contributed by atoms with Gasteiger partial charge in [-0.1, -0.05) is 11.6 Å². The molecular formula is C16H29N3O4. The van der Waals surface area contributed by atoms with Crippen LogP contribution in [0.15, 0.2) is 16.6 Å². The standard InChI is InChI=1S/C16H29N3O4/c1-11(2)9-10-17-12(18-13(20)22-15(3,4)5)19-14(21)23-16(6,7)8/h9H,10H2,1-8H3,(H2,17,18,19,20,21). The van der Waals surface area contributed by atoms with E-state index < -0.39 is 23.4 Å². The van der Waals surface area contributed by atoms with Crippen LogP contribution in [0.1, 0.15) is 55.4 Å². The number of hydrogen-bond donors (Lipinski definition) is 2. The Morgan fingerprint density at radius 3 is 1.96 bits per heavy atom. The van der Waals surface area contributed by atoms with Gasteiger partial charge in [0.2, 0.25) is 5.96 Å². The summed E-state index contributed by atoms with van der Waals surface area (Å²) in [5.74, 6) is -0.0222. The number of ether oxygens (including phenoxy) is 2. The lowest BCUT2D eigenvalue weighted by atomic mass is 10.2. The second-order valence-corrected chi connectivity index (χ2v) is 7.23. The number of carbonyl (C=O) groups excluding carboxylic acids is 2. The highest BCUT2D eigenvalue weighted by atomic mass is 16.6. The average Bonchev–Trinajstić information content (AvgIpc) is 2.21. The van der Waals surface area contributed by atoms with Crippen LogP contribution < -0.4 is 10.6 Å². The molecule has 132 valence electrons. The van der Waals surface area contributed by atoms with Crippen LogP contribution in [0.5, 0.6) is 0 Å². The third kappa shape index (κ3) is 13.3. The lowest BCUT2D eigenvalue weighted by Gasteiger charge is -2.21. The molecule has 0 saturated heterocycles. The highest BCUT2D eigenvalue weighted by molar-refractivity contribution is 5.98. The number of carbonyl (C=O) groups is 2. The van der Waals surface area contributed by atoms with E-state index in [0.29, 0.717) is 6.54 Å². The zero-order valence-corrected chi connectivity index (χ0v) is 15.4. The Morgan fingerprint density at radius 1 is 1.00 bits per heavy atom. The summed E-state index contributed by atoms with van der Waals surface area (Å²) in [6.07, 6.45) is 0.388. The number of alkyl carbamates (subject to hydrolysis) is 1. The molecule has 0 aromatic rings. The Hall–Kier alpha value is -2.05. The van der Waals surface area contributed by atoms with Gasteiger partial charge >= 0.3 is 12.2 Å². The zero-order chi connectivity index (χ0) is 18.3. The van der Waals surface area contributed by atoms with Crippen LogP contribution in [0.25, 0.3) is 0 Å². The van der Waals surface area contributed by atoms with Gasteiger partial charge in [-0.15, -0.1) is 4.99 Å². The minimum atomic E-state index is -0.798. The molecule has 0 aromatic carbocycles. The van der Waals surface area contributed by atoms with E-state index in [1.54, 1.807) is 41.5 Å². The summed E-state index contributed by atoms with van der Waals surface area (Å²) in [6.45, 7) is 14.7. The average molecular weight is 327 g/mol. The van der Waals surface area contributed by atoms with Crippen LogP contribution in [-0.2, 0) is 9.47 Å². The monoisotopic (exact) mass is 327 g/mol. The maximum Gasteiger partial charge on any atom is 0.437 e. The number of aliphatic imine (C=N–C) groups is 1. The normalized spacial score (nSPS) is 12.3. The van der Waals surface area contributed by atoms with E-state index in [2.05, 4.69) is 15.6 Å². The van der Waals surface area contributed by atoms with Crippen molar-refractivity contribution >= 4 is 18.1 Å². The molecule has 0 spiro atoms. The van der Waals surface area contributed by atoms with E-state index in [-0.39, 0.29) is 5.96 Å². The first-order chi connectivity index (χ1) is 10.3. The molecule has 7 nitrogen and oxygen atoms in total. The van der Waals surface area contributed by atoms with Crippen LogP contribution in [0.3, 0.4) is 0 Å². The van der Waals surface area contributed by atoms with Crippen molar-refractivity contribution in [2.45, 2.75) is 66.6 Å². The van der Waals surface area contributed by atoms with Gasteiger partial charge in [0.05, 0.1) is 0 Å². The number of nitrogens with zero attached hydrogens (tertiary/aromatic N) is 1. The Labute approximate surface area is 138 Å². The van der Waals surface area contributed by atoms with Crippen molar-refractivity contribution in [3.63, 3.8) is 0 Å². The SMILES string of the molecule is CC(C)=CCN/C(=N/C(=O)OC(C)(C)C)NC(=O)OC(C)(C)C. The van der Waals surface area contributed by atoms with Crippen LogP contribution in [0, 0.1) is 0 Å². The van der Waals surface area contributed by atoms with Gasteiger partial charge in [0.15, 0.2) is 0 Å². The number of allylic oxidation sites excluding steroid dienone is 1. The summed E-state index contributed by atoms with van der Waals surface area (Å²) in [5, 5.41) is 5.26. The third-order valence-corrected chi connectivity index (χ3v) is 2.00. The fraction of sp³-hybridized carbons (Fsp3) is 0.688. The first-order valence-corrected chi connectivity index (χ1v) is 7.47. The molecule has 0 rings (SSSR count). The second kappa shape index (κ2) is 8.55. The maximum atomic E-state index is 11.8. The van der Waals surface area contributed by atoms with Gasteiger partial charge in [0, 0.05) is 6.54 Å². The molecule has 0 bridgehead atoms. The van der Waals surface area contributed by atoms with Crippen molar-refractivity contribution in [3.8, 4) is 0 Å². The minimum absolute atomic E-state index is 0.0222. The smallest absolute Gasteiger partial charge is 0.437 e. The first-order valence-electron chi connectivity index (χ1n) is 7.47. The van der Waals surface area contributed by atoms with Crippen molar-refractivity contribution in [2.75, 3.05) is 6.54 Å². The van der Waals surface area contributed by atoms with Gasteiger partial charge in [-0.25, -0.2) is 9.59 Å². The fourth-order valence-corrected chi connectivity index (χ4v) is 1.24. The molecular weight excluding hydrogens is 298 g/mol. The van der Waals surface area contributed by atoms with Crippen LogP contribution in [-0.4, -0.2) is 35.9 Å². The summed E-state index contributed by atoms with van der Waals surface area (Å²) in [6, 6.07) is 0. The molecule has 0 aliphatic rings. The summed E-state index contributed by atoms with van der Waals surface area (Å²) in [5.41, 5.74) is -0.232. The first kappa shape index (κ1) is 20.9. The predicted octanol–water partition coefficient (Wildman–Crippen LogP) is 3.36. The summed E-state index contributed by atoms with van der Waals surface area (Å²) in [4.78, 5) is 27.3. The van der Waals surface area contributed by atoms with Gasteiger partial charge in [-0.05, 0) is 55.4 Å². The van der Waals surface area contributed by atoms with Crippen molar-refractivity contribution in [1.29, 1.82) is 0 Å². The molecule has 0 unspecified atom stereocenters. The molecule has 0 heterocycles. The number of nitrogens with one attached hydrogen (secondary N) is 2. The van der Waals surface area contributed by atoms with E-state index in [1.807, 2.05) is 19.9 Å². The Bertz CT molecular complexity index is 479. The molecule has 0 aliphatic carbocycles. The van der Waals surface area contributed by atoms with E-state index >= 15 is 0 Å². The van der Waals surface area contributed by atoms with Crippen molar-refractivity contribution in [2.24, 2.45) is 4.99 Å². The van der Waals surface area contributed by atoms with Gasteiger partial charge in [-0.3, -0.25) is 5.32 Å². The minimum Gasteiger partial charge on any atom is -0.444 e. The van der Waals surface area contributed by atoms with E-state index in [0.717, 1.165) is 5.57 Å². The molecule has 0 fully saturated rings. The molecule has 0 atom stereocenters. The van der Waals surface area contributed by atoms with E-state index in [9.17, 15) is 9.59 Å². The molecule has 2 N–H and O–H groups in total. The molecule has 7 heteroatoms. The lowest BCUT2D eigenvalue weighted by Crippen LogP contribution is -2.44. The quantitative estimate of drug-likeness (QED) is 0.461. The van der Waals surface area contributed by atoms with Crippen LogP contribution >= 0.6 is 0 Å². The summed E-state index contributed by atoms with van der Waals surface area (Å²) in [7, 11) is 0. The molecule has 0 aliphatic heterocycles. The van der Waals surface area contributed by atoms with Gasteiger partial charge in [0.25, 0.3) is 0 Å². The number of rotatable bonds is 2. The Morgan fingerprint density at radius 2 is 1.52 bits per heavy atom. The second-order valence-electron chi connectivity index (χ2n) is 7.23. The Balaban J connectivity index is 4.97. The highest BCUT2D eigenvalue weighted by Gasteiger charge is 2.19. The number of guanidine groups is 1. The molecule has 0 aromatic heterocycles. The largest absolute Gasteiger partial charge is 0.444 e. The van der Waals surface area contributed by atoms with Gasteiger partial charge in [-0.2, -0.15) is 0 Å². The number of amides is 2. The van der Waals surface area contributed by atoms with Gasteiger partial charge in [0.1, 0.15) is 11.2 Å². The fourth-order valence-electron chi connectivity index (χ4n) is 1.24. The highest BCUT2D eigenvalue weighted by Crippen LogP contribution is 2.08. The van der Waals surface area contributed by atoms with E-state index in [1.165, 1.54) is 0 Å². The Kier molecular flexibility index (Phi) is 7.79. The topological polar surface area (TPSA) is 89.0 Å².